The smallest absolute Gasteiger partial charge is 0.357 e. The highest BCUT2D eigenvalue weighted by molar-refractivity contribution is 7.91. The highest BCUT2D eigenvalue weighted by atomic mass is 32.2. The Morgan fingerprint density at radius 2 is 1.74 bits per heavy atom. The molecule has 27 heavy (non-hydrogen) atoms. The molecular weight excluding hydrogens is 366 g/mol. The zero-order chi connectivity index (χ0) is 19.6. The first-order valence-electron chi connectivity index (χ1n) is 7.80. The number of carbonyl (C=O) groups excluding carboxylic acids is 1. The lowest BCUT2D eigenvalue weighted by Gasteiger charge is -2.14. The molecule has 8 heteroatoms. The van der Waals surface area contributed by atoms with Crippen LogP contribution in [0, 0.1) is 11.3 Å². The molecule has 0 atom stereocenters. The third-order valence-electron chi connectivity index (χ3n) is 4.01. The number of ether oxygens (including phenoxy) is 1. The van der Waals surface area contributed by atoms with E-state index in [1.165, 1.54) is 42.1 Å². The first-order valence-corrected chi connectivity index (χ1v) is 9.29. The van der Waals surface area contributed by atoms with Crippen molar-refractivity contribution in [1.29, 1.82) is 5.26 Å². The summed E-state index contributed by atoms with van der Waals surface area (Å²) in [5.74, 6) is -0.777. The fraction of sp³-hybridized carbons (Fsp3) is 0.0526. The maximum atomic E-state index is 13.1. The standard InChI is InChI=1S/C19H15N3O4S/c1-26-19(23)18-17(21)13(11-20)12-22(18)15-9-5-6-10-16(15)27(24,25)14-7-3-2-4-8-14/h2-10,12H,21H2,1H3. The van der Waals surface area contributed by atoms with Crippen LogP contribution >= 0.6 is 0 Å². The number of benzene rings is 2. The van der Waals surface area contributed by atoms with Gasteiger partial charge in [0.05, 0.1) is 33.8 Å². The number of carbonyl (C=O) groups is 1. The summed E-state index contributed by atoms with van der Waals surface area (Å²) in [7, 11) is -2.70. The van der Waals surface area contributed by atoms with Gasteiger partial charge in [0.2, 0.25) is 9.84 Å². The number of nitriles is 1. The fourth-order valence-corrected chi connectivity index (χ4v) is 4.18. The van der Waals surface area contributed by atoms with E-state index in [0.717, 1.165) is 0 Å². The zero-order valence-electron chi connectivity index (χ0n) is 14.3. The largest absolute Gasteiger partial charge is 0.464 e. The Labute approximate surface area is 156 Å². The van der Waals surface area contributed by atoms with Crippen molar-refractivity contribution in [2.45, 2.75) is 9.79 Å². The molecule has 136 valence electrons. The summed E-state index contributed by atoms with van der Waals surface area (Å²) in [5.41, 5.74) is 5.96. The van der Waals surface area contributed by atoms with Gasteiger partial charge in [-0.25, -0.2) is 13.2 Å². The first-order chi connectivity index (χ1) is 12.9. The van der Waals surface area contributed by atoms with Crippen LogP contribution in [-0.2, 0) is 14.6 Å². The van der Waals surface area contributed by atoms with Crippen LogP contribution in [0.25, 0.3) is 5.69 Å². The number of esters is 1. The Bertz CT molecular complexity index is 1160. The van der Waals surface area contributed by atoms with Gasteiger partial charge in [-0.1, -0.05) is 30.3 Å². The molecule has 1 aromatic heterocycles. The minimum Gasteiger partial charge on any atom is -0.464 e. The van der Waals surface area contributed by atoms with Crippen molar-refractivity contribution < 1.29 is 17.9 Å². The van der Waals surface area contributed by atoms with E-state index in [0.29, 0.717) is 0 Å². The number of anilines is 1. The number of rotatable bonds is 4. The number of hydrogen-bond acceptors (Lipinski definition) is 6. The third-order valence-corrected chi connectivity index (χ3v) is 5.83. The number of para-hydroxylation sites is 1. The Morgan fingerprint density at radius 3 is 2.37 bits per heavy atom. The molecule has 0 amide bonds. The third kappa shape index (κ3) is 3.05. The number of hydrogen-bond donors (Lipinski definition) is 1. The van der Waals surface area contributed by atoms with Gasteiger partial charge in [0.1, 0.15) is 6.07 Å². The number of nitrogens with two attached hydrogens (primary N) is 1. The van der Waals surface area contributed by atoms with Crippen molar-refractivity contribution in [1.82, 2.24) is 4.57 Å². The summed E-state index contributed by atoms with van der Waals surface area (Å²) in [5, 5.41) is 9.25. The maximum absolute atomic E-state index is 13.1. The van der Waals surface area contributed by atoms with Crippen molar-refractivity contribution in [3.8, 4) is 11.8 Å². The fourth-order valence-electron chi connectivity index (χ4n) is 2.71. The lowest BCUT2D eigenvalue weighted by atomic mass is 10.2. The molecule has 2 N–H and O–H groups in total. The monoisotopic (exact) mass is 381 g/mol. The van der Waals surface area contributed by atoms with E-state index in [9.17, 15) is 18.5 Å². The van der Waals surface area contributed by atoms with Gasteiger partial charge in [-0.15, -0.1) is 0 Å². The molecule has 7 nitrogen and oxygen atoms in total. The van der Waals surface area contributed by atoms with E-state index in [1.807, 2.05) is 6.07 Å². The van der Waals surface area contributed by atoms with Crippen LogP contribution in [0.1, 0.15) is 16.1 Å². The van der Waals surface area contributed by atoms with Crippen LogP contribution in [-0.4, -0.2) is 26.1 Å². The number of nitrogens with zero attached hydrogens (tertiary/aromatic N) is 2. The second-order valence-electron chi connectivity index (χ2n) is 5.56. The molecule has 0 saturated carbocycles. The predicted molar refractivity (Wildman–Crippen MR) is 98.1 cm³/mol. The first kappa shape index (κ1) is 18.2. The Kier molecular flexibility index (Phi) is 4.71. The highest BCUT2D eigenvalue weighted by Gasteiger charge is 2.27. The van der Waals surface area contributed by atoms with Gasteiger partial charge in [-0.2, -0.15) is 5.26 Å². The van der Waals surface area contributed by atoms with Crippen molar-refractivity contribution in [3.05, 3.63) is 72.1 Å². The van der Waals surface area contributed by atoms with Gasteiger partial charge in [-0.3, -0.25) is 0 Å². The summed E-state index contributed by atoms with van der Waals surface area (Å²) in [6.45, 7) is 0. The van der Waals surface area contributed by atoms with Crippen LogP contribution < -0.4 is 5.73 Å². The van der Waals surface area contributed by atoms with E-state index in [4.69, 9.17) is 10.5 Å². The van der Waals surface area contributed by atoms with Gasteiger partial charge in [-0.05, 0) is 24.3 Å². The average molecular weight is 381 g/mol. The normalized spacial score (nSPS) is 11.0. The van der Waals surface area contributed by atoms with Gasteiger partial charge >= 0.3 is 5.97 Å². The van der Waals surface area contributed by atoms with Crippen LogP contribution in [0.2, 0.25) is 0 Å². The maximum Gasteiger partial charge on any atom is 0.357 e. The average Bonchev–Trinajstić information content (AvgIpc) is 3.04. The Hall–Kier alpha value is -3.57. The molecule has 0 unspecified atom stereocenters. The summed E-state index contributed by atoms with van der Waals surface area (Å²) in [4.78, 5) is 12.3. The second kappa shape index (κ2) is 6.97. The summed E-state index contributed by atoms with van der Waals surface area (Å²) < 4.78 is 32.3. The molecule has 0 aliphatic rings. The topological polar surface area (TPSA) is 115 Å². The van der Waals surface area contributed by atoms with E-state index in [-0.39, 0.29) is 32.4 Å². The molecule has 0 spiro atoms. The number of methoxy groups -OCH3 is 1. The van der Waals surface area contributed by atoms with E-state index < -0.39 is 15.8 Å². The van der Waals surface area contributed by atoms with Crippen LogP contribution in [0.4, 0.5) is 5.69 Å². The van der Waals surface area contributed by atoms with E-state index >= 15 is 0 Å². The minimum absolute atomic E-state index is 0.0270. The molecule has 3 aromatic rings. The van der Waals surface area contributed by atoms with Crippen molar-refractivity contribution >= 4 is 21.5 Å². The molecule has 2 aromatic carbocycles. The second-order valence-corrected chi connectivity index (χ2v) is 7.48. The molecule has 0 fully saturated rings. The lowest BCUT2D eigenvalue weighted by Crippen LogP contribution is -2.14. The predicted octanol–water partition coefficient (Wildman–Crippen LogP) is 2.55. The van der Waals surface area contributed by atoms with Crippen LogP contribution in [0.5, 0.6) is 0 Å². The Balaban J connectivity index is 2.31. The van der Waals surface area contributed by atoms with Crippen molar-refractivity contribution in [2.75, 3.05) is 12.8 Å². The van der Waals surface area contributed by atoms with E-state index in [1.54, 1.807) is 30.3 Å². The van der Waals surface area contributed by atoms with Crippen LogP contribution in [0.15, 0.2) is 70.6 Å². The van der Waals surface area contributed by atoms with Gasteiger partial charge < -0.3 is 15.0 Å². The molecule has 0 aliphatic carbocycles. The molecule has 3 rings (SSSR count). The van der Waals surface area contributed by atoms with E-state index in [2.05, 4.69) is 0 Å². The number of nitrogen functional groups attached to an aromatic ring is 1. The molecule has 0 bridgehead atoms. The molecule has 0 radical (unpaired) electrons. The molecule has 0 saturated heterocycles. The zero-order valence-corrected chi connectivity index (χ0v) is 15.1. The van der Waals surface area contributed by atoms with Crippen molar-refractivity contribution in [3.63, 3.8) is 0 Å². The lowest BCUT2D eigenvalue weighted by molar-refractivity contribution is 0.0593. The van der Waals surface area contributed by atoms with Crippen LogP contribution in [0.3, 0.4) is 0 Å². The molecule has 1 heterocycles. The summed E-state index contributed by atoms with van der Waals surface area (Å²) in [6, 6.07) is 16.0. The minimum atomic E-state index is -3.87. The van der Waals surface area contributed by atoms with Gasteiger partial charge in [0, 0.05) is 6.20 Å². The number of sulfone groups is 1. The molecular formula is C19H15N3O4S. The quantitative estimate of drug-likeness (QED) is 0.695. The van der Waals surface area contributed by atoms with Gasteiger partial charge in [0.25, 0.3) is 0 Å². The summed E-state index contributed by atoms with van der Waals surface area (Å²) >= 11 is 0. The van der Waals surface area contributed by atoms with Crippen molar-refractivity contribution in [2.24, 2.45) is 0 Å². The number of aromatic nitrogens is 1. The van der Waals surface area contributed by atoms with Gasteiger partial charge in [0.15, 0.2) is 5.69 Å². The molecule has 0 aliphatic heterocycles. The Morgan fingerprint density at radius 1 is 1.11 bits per heavy atom. The SMILES string of the molecule is COC(=O)c1c(N)c(C#N)cn1-c1ccccc1S(=O)(=O)c1ccccc1. The highest BCUT2D eigenvalue weighted by Crippen LogP contribution is 2.31. The summed E-state index contributed by atoms with van der Waals surface area (Å²) in [6.07, 6.45) is 1.32.